The van der Waals surface area contributed by atoms with Crippen molar-refractivity contribution in [2.45, 2.75) is 12.3 Å². The average molecular weight is 479 g/mol. The molecule has 0 unspecified atom stereocenters. The predicted octanol–water partition coefficient (Wildman–Crippen LogP) is 5.22. The first kappa shape index (κ1) is 21.9. The molecule has 0 aliphatic carbocycles. The molecule has 5 aromatic rings. The fourth-order valence-corrected chi connectivity index (χ4v) is 4.95. The highest BCUT2D eigenvalue weighted by Crippen LogP contribution is 2.47. The number of hydrogen-bond acceptors (Lipinski definition) is 7. The maximum absolute atomic E-state index is 13.5. The van der Waals surface area contributed by atoms with Crippen LogP contribution in [-0.4, -0.2) is 30.2 Å². The van der Waals surface area contributed by atoms with Crippen molar-refractivity contribution < 1.29 is 19.1 Å². The van der Waals surface area contributed by atoms with Crippen LogP contribution in [0.15, 0.2) is 82.2 Å². The highest BCUT2D eigenvalue weighted by Gasteiger charge is 2.35. The van der Waals surface area contributed by atoms with E-state index in [9.17, 15) is 14.7 Å². The second-order valence-electron chi connectivity index (χ2n) is 9.08. The Morgan fingerprint density at radius 2 is 1.75 bits per heavy atom. The van der Waals surface area contributed by atoms with Gasteiger partial charge in [-0.05, 0) is 17.7 Å². The van der Waals surface area contributed by atoms with Crippen molar-refractivity contribution in [1.29, 1.82) is 0 Å². The van der Waals surface area contributed by atoms with E-state index >= 15 is 0 Å². The zero-order valence-electron chi connectivity index (χ0n) is 19.7. The smallest absolute Gasteiger partial charge is 0.312 e. The van der Waals surface area contributed by atoms with E-state index in [0.29, 0.717) is 22.5 Å². The number of hydrogen-bond donors (Lipinski definition) is 1. The summed E-state index contributed by atoms with van der Waals surface area (Å²) in [4.78, 5) is 33.0. The number of esters is 1. The van der Waals surface area contributed by atoms with Gasteiger partial charge in [0.1, 0.15) is 34.5 Å². The molecule has 3 aromatic carbocycles. The Balaban J connectivity index is 1.65. The van der Waals surface area contributed by atoms with Gasteiger partial charge >= 0.3 is 5.97 Å². The van der Waals surface area contributed by atoms with Crippen LogP contribution in [-0.2, 0) is 4.79 Å². The second kappa shape index (κ2) is 8.23. The monoisotopic (exact) mass is 478 g/mol. The molecule has 1 aliphatic heterocycles. The fraction of sp³-hybridized carbons (Fsp3) is 0.138. The number of anilines is 1. The second-order valence-corrected chi connectivity index (χ2v) is 9.08. The number of phenolic OH excluding ortho intramolecular Hbond substituents is 1. The number of carbonyl (C=O) groups is 1. The van der Waals surface area contributed by atoms with Crippen LogP contribution in [0.3, 0.4) is 0 Å². The molecule has 1 N–H and O–H groups in total. The largest absolute Gasteiger partial charge is 0.507 e. The van der Waals surface area contributed by atoms with Gasteiger partial charge in [-0.15, -0.1) is 0 Å². The lowest BCUT2D eigenvalue weighted by molar-refractivity contribution is -0.135. The minimum Gasteiger partial charge on any atom is -0.507 e. The zero-order valence-corrected chi connectivity index (χ0v) is 19.7. The Morgan fingerprint density at radius 1 is 1.00 bits per heavy atom. The van der Waals surface area contributed by atoms with E-state index in [0.717, 1.165) is 16.5 Å². The SMILES string of the molecule is CN(C)c1nc2ccccc2cc1[C@@H]1CC(=O)Oc2cc(O)c3c(=O)c(-c4ccccc4)coc3c21. The molecule has 36 heavy (non-hydrogen) atoms. The van der Waals surface area contributed by atoms with Crippen LogP contribution >= 0.6 is 0 Å². The van der Waals surface area contributed by atoms with Gasteiger partial charge in [-0.25, -0.2) is 4.98 Å². The highest BCUT2D eigenvalue weighted by atomic mass is 16.5. The van der Waals surface area contributed by atoms with E-state index in [1.165, 1.54) is 12.3 Å². The number of nitrogens with zero attached hydrogens (tertiary/aromatic N) is 2. The number of benzene rings is 3. The molecule has 6 rings (SSSR count). The first-order chi connectivity index (χ1) is 17.4. The molecule has 0 spiro atoms. The van der Waals surface area contributed by atoms with Crippen LogP contribution in [0.5, 0.6) is 11.5 Å². The summed E-state index contributed by atoms with van der Waals surface area (Å²) in [6.45, 7) is 0. The molecule has 1 aliphatic rings. The molecule has 0 fully saturated rings. The van der Waals surface area contributed by atoms with E-state index in [4.69, 9.17) is 14.1 Å². The van der Waals surface area contributed by atoms with Crippen LogP contribution in [0.1, 0.15) is 23.5 Å². The van der Waals surface area contributed by atoms with Gasteiger partial charge in [-0.2, -0.15) is 0 Å². The van der Waals surface area contributed by atoms with Crippen molar-refractivity contribution in [2.24, 2.45) is 0 Å². The molecule has 0 bridgehead atoms. The summed E-state index contributed by atoms with van der Waals surface area (Å²) in [6, 6.07) is 20.2. The van der Waals surface area contributed by atoms with Gasteiger partial charge in [0.15, 0.2) is 0 Å². The molecule has 0 amide bonds. The maximum Gasteiger partial charge on any atom is 0.312 e. The molecular formula is C29H22N2O5. The quantitative estimate of drug-likeness (QED) is 0.281. The number of rotatable bonds is 3. The third-order valence-electron chi connectivity index (χ3n) is 6.59. The molecule has 2 aromatic heterocycles. The third kappa shape index (κ3) is 3.40. The first-order valence-corrected chi connectivity index (χ1v) is 11.6. The lowest BCUT2D eigenvalue weighted by Gasteiger charge is -2.28. The van der Waals surface area contributed by atoms with E-state index < -0.39 is 11.9 Å². The Bertz CT molecular complexity index is 1720. The normalized spacial score (nSPS) is 15.1. The Morgan fingerprint density at radius 3 is 2.53 bits per heavy atom. The summed E-state index contributed by atoms with van der Waals surface area (Å²) < 4.78 is 11.6. The predicted molar refractivity (Wildman–Crippen MR) is 138 cm³/mol. The van der Waals surface area contributed by atoms with E-state index in [-0.39, 0.29) is 34.3 Å². The lowest BCUT2D eigenvalue weighted by atomic mass is 9.84. The van der Waals surface area contributed by atoms with Crippen molar-refractivity contribution in [3.8, 4) is 22.6 Å². The Labute approximate surface area is 206 Å². The fourth-order valence-electron chi connectivity index (χ4n) is 4.95. The summed E-state index contributed by atoms with van der Waals surface area (Å²) in [6.07, 6.45) is 1.44. The topological polar surface area (TPSA) is 92.9 Å². The van der Waals surface area contributed by atoms with Crippen molar-refractivity contribution in [3.05, 3.63) is 94.3 Å². The number of pyridine rings is 1. The molecule has 3 heterocycles. The van der Waals surface area contributed by atoms with Gasteiger partial charge < -0.3 is 19.2 Å². The molecule has 0 saturated heterocycles. The number of para-hydroxylation sites is 1. The van der Waals surface area contributed by atoms with Gasteiger partial charge in [0, 0.05) is 42.6 Å². The summed E-state index contributed by atoms with van der Waals surface area (Å²) in [5.41, 5.74) is 3.04. The Hall–Kier alpha value is -4.65. The number of carbonyl (C=O) groups excluding carboxylic acids is 1. The van der Waals surface area contributed by atoms with Crippen LogP contribution in [0.25, 0.3) is 33.0 Å². The first-order valence-electron chi connectivity index (χ1n) is 11.6. The Kier molecular flexibility index (Phi) is 5.00. The number of ether oxygens (including phenoxy) is 1. The highest BCUT2D eigenvalue weighted by molar-refractivity contribution is 5.95. The van der Waals surface area contributed by atoms with Gasteiger partial charge in [0.25, 0.3) is 0 Å². The van der Waals surface area contributed by atoms with E-state index in [1.54, 1.807) is 0 Å². The molecular weight excluding hydrogens is 456 g/mol. The van der Waals surface area contributed by atoms with Gasteiger partial charge in [-0.3, -0.25) is 9.59 Å². The summed E-state index contributed by atoms with van der Waals surface area (Å²) in [5, 5.41) is 11.8. The van der Waals surface area contributed by atoms with Crippen molar-refractivity contribution >= 4 is 33.7 Å². The molecule has 1 atom stereocenters. The minimum atomic E-state index is -0.496. The van der Waals surface area contributed by atoms with Crippen molar-refractivity contribution in [2.75, 3.05) is 19.0 Å². The van der Waals surface area contributed by atoms with Gasteiger partial charge in [0.05, 0.1) is 17.5 Å². The standard InChI is InChI=1S/C29H22N2O5/c1-31(2)29-19(12-17-10-6-7-11-21(17)30-29)18-13-24(33)36-23-14-22(32)26-27(34)20(15-35-28(26)25(18)23)16-8-4-3-5-9-16/h3-12,14-15,18,32H,13H2,1-2H3/t18-/m0/s1. The summed E-state index contributed by atoms with van der Waals surface area (Å²) >= 11 is 0. The summed E-state index contributed by atoms with van der Waals surface area (Å²) in [5.74, 6) is -0.358. The number of fused-ring (bicyclic) bond motifs is 4. The van der Waals surface area contributed by atoms with E-state index in [1.807, 2.05) is 79.7 Å². The van der Waals surface area contributed by atoms with Crippen LogP contribution < -0.4 is 15.1 Å². The van der Waals surface area contributed by atoms with Crippen molar-refractivity contribution in [3.63, 3.8) is 0 Å². The van der Waals surface area contributed by atoms with Crippen LogP contribution in [0.4, 0.5) is 5.82 Å². The average Bonchev–Trinajstić information content (AvgIpc) is 2.87. The third-order valence-corrected chi connectivity index (χ3v) is 6.59. The molecule has 7 nitrogen and oxygen atoms in total. The maximum atomic E-state index is 13.5. The van der Waals surface area contributed by atoms with E-state index in [2.05, 4.69) is 0 Å². The van der Waals surface area contributed by atoms with Crippen molar-refractivity contribution in [1.82, 2.24) is 4.98 Å². The number of aromatic nitrogens is 1. The lowest BCUT2D eigenvalue weighted by Crippen LogP contribution is -2.24. The van der Waals surface area contributed by atoms with Gasteiger partial charge in [-0.1, -0.05) is 48.5 Å². The number of phenols is 1. The zero-order chi connectivity index (χ0) is 25.0. The molecule has 0 saturated carbocycles. The van der Waals surface area contributed by atoms with Crippen LogP contribution in [0, 0.1) is 0 Å². The number of aromatic hydroxyl groups is 1. The molecule has 7 heteroatoms. The van der Waals surface area contributed by atoms with Crippen LogP contribution in [0.2, 0.25) is 0 Å². The molecule has 0 radical (unpaired) electrons. The molecule has 178 valence electrons. The van der Waals surface area contributed by atoms with Gasteiger partial charge in [0.2, 0.25) is 5.43 Å². The minimum absolute atomic E-state index is 0.0396. The summed E-state index contributed by atoms with van der Waals surface area (Å²) in [7, 11) is 3.79.